The first-order chi connectivity index (χ1) is 9.94. The lowest BCUT2D eigenvalue weighted by atomic mass is 10.1. The predicted octanol–water partition coefficient (Wildman–Crippen LogP) is 2.54. The van der Waals surface area contributed by atoms with Crippen molar-refractivity contribution in [2.75, 3.05) is 26.3 Å². The van der Waals surface area contributed by atoms with E-state index in [4.69, 9.17) is 9.47 Å². The van der Waals surface area contributed by atoms with Crippen LogP contribution in [0.15, 0.2) is 0 Å². The fourth-order valence-electron chi connectivity index (χ4n) is 2.98. The monoisotopic (exact) mass is 298 g/mol. The van der Waals surface area contributed by atoms with Crippen molar-refractivity contribution in [2.24, 2.45) is 0 Å². The standard InChI is InChI=1S/C16H30N2O3/c1-16(2,3)21-15(19)18-9-4-6-13(8-10-18)17-14-7-5-11-20-12-14/h13-14,17H,4-12H2,1-3H3. The normalized spacial score (nSPS) is 28.0. The van der Waals surface area contributed by atoms with E-state index in [-0.39, 0.29) is 6.09 Å². The molecule has 0 aliphatic carbocycles. The molecule has 1 N–H and O–H groups in total. The molecule has 5 heteroatoms. The molecule has 0 bridgehead atoms. The fraction of sp³-hybridized carbons (Fsp3) is 0.938. The van der Waals surface area contributed by atoms with Gasteiger partial charge >= 0.3 is 6.09 Å². The third-order valence-corrected chi connectivity index (χ3v) is 4.01. The highest BCUT2D eigenvalue weighted by atomic mass is 16.6. The SMILES string of the molecule is CC(C)(C)OC(=O)N1CCCC(NC2CCCOC2)CC1. The van der Waals surface area contributed by atoms with Crippen molar-refractivity contribution in [1.82, 2.24) is 10.2 Å². The Morgan fingerprint density at radius 3 is 2.57 bits per heavy atom. The van der Waals surface area contributed by atoms with Crippen LogP contribution in [-0.4, -0.2) is 55.0 Å². The van der Waals surface area contributed by atoms with Crippen LogP contribution >= 0.6 is 0 Å². The largest absolute Gasteiger partial charge is 0.444 e. The van der Waals surface area contributed by atoms with Crippen molar-refractivity contribution in [3.63, 3.8) is 0 Å². The molecule has 21 heavy (non-hydrogen) atoms. The van der Waals surface area contributed by atoms with Gasteiger partial charge in [0.2, 0.25) is 0 Å². The average Bonchev–Trinajstić information content (AvgIpc) is 2.64. The van der Waals surface area contributed by atoms with Crippen LogP contribution in [0.2, 0.25) is 0 Å². The van der Waals surface area contributed by atoms with Crippen LogP contribution in [0.5, 0.6) is 0 Å². The minimum atomic E-state index is -0.416. The maximum atomic E-state index is 12.1. The van der Waals surface area contributed by atoms with Gasteiger partial charge in [0.15, 0.2) is 0 Å². The summed E-state index contributed by atoms with van der Waals surface area (Å²) in [6.07, 6.45) is 5.32. The molecule has 2 aliphatic rings. The lowest BCUT2D eigenvalue weighted by Gasteiger charge is -2.28. The third kappa shape index (κ3) is 5.83. The summed E-state index contributed by atoms with van der Waals surface area (Å²) in [5, 5.41) is 3.70. The second kappa shape index (κ2) is 7.45. The van der Waals surface area contributed by atoms with Crippen molar-refractivity contribution < 1.29 is 14.3 Å². The van der Waals surface area contributed by atoms with Gasteiger partial charge in [-0.2, -0.15) is 0 Å². The summed E-state index contributed by atoms with van der Waals surface area (Å²) in [7, 11) is 0. The molecule has 0 spiro atoms. The van der Waals surface area contributed by atoms with Gasteiger partial charge in [0, 0.05) is 31.8 Å². The Kier molecular flexibility index (Phi) is 5.88. The van der Waals surface area contributed by atoms with Crippen LogP contribution in [0, 0.1) is 0 Å². The van der Waals surface area contributed by atoms with E-state index in [1.807, 2.05) is 25.7 Å². The van der Waals surface area contributed by atoms with Gasteiger partial charge < -0.3 is 19.7 Å². The Balaban J connectivity index is 1.77. The second-order valence-corrected chi connectivity index (χ2v) is 7.18. The zero-order chi connectivity index (χ0) is 15.3. The van der Waals surface area contributed by atoms with E-state index in [1.165, 1.54) is 6.42 Å². The van der Waals surface area contributed by atoms with Crippen molar-refractivity contribution in [2.45, 2.75) is 70.6 Å². The molecule has 1 amide bonds. The van der Waals surface area contributed by atoms with Gasteiger partial charge in [-0.1, -0.05) is 0 Å². The Morgan fingerprint density at radius 1 is 1.14 bits per heavy atom. The lowest BCUT2D eigenvalue weighted by Crippen LogP contribution is -2.44. The number of carbonyl (C=O) groups excluding carboxylic acids is 1. The summed E-state index contributed by atoms with van der Waals surface area (Å²) in [5.74, 6) is 0. The summed E-state index contributed by atoms with van der Waals surface area (Å²) in [6, 6.07) is 0.973. The molecule has 2 unspecified atom stereocenters. The Morgan fingerprint density at radius 2 is 1.90 bits per heavy atom. The zero-order valence-electron chi connectivity index (χ0n) is 13.7. The zero-order valence-corrected chi connectivity index (χ0v) is 13.7. The number of hydrogen-bond acceptors (Lipinski definition) is 4. The van der Waals surface area contributed by atoms with Crippen LogP contribution in [0.4, 0.5) is 4.79 Å². The van der Waals surface area contributed by atoms with E-state index >= 15 is 0 Å². The number of nitrogens with zero attached hydrogens (tertiary/aromatic N) is 1. The van der Waals surface area contributed by atoms with Crippen molar-refractivity contribution in [1.29, 1.82) is 0 Å². The van der Waals surface area contributed by atoms with Crippen LogP contribution in [0.1, 0.15) is 52.9 Å². The Bertz CT molecular complexity index is 335. The molecule has 2 atom stereocenters. The predicted molar refractivity (Wildman–Crippen MR) is 82.4 cm³/mol. The third-order valence-electron chi connectivity index (χ3n) is 4.01. The van der Waals surface area contributed by atoms with Crippen LogP contribution in [-0.2, 0) is 9.47 Å². The average molecular weight is 298 g/mol. The number of likely N-dealkylation sites (tertiary alicyclic amines) is 1. The van der Waals surface area contributed by atoms with E-state index in [1.54, 1.807) is 0 Å². The van der Waals surface area contributed by atoms with E-state index in [9.17, 15) is 4.79 Å². The van der Waals surface area contributed by atoms with Gasteiger partial charge in [-0.05, 0) is 52.9 Å². The summed E-state index contributed by atoms with van der Waals surface area (Å²) in [4.78, 5) is 14.0. The summed E-state index contributed by atoms with van der Waals surface area (Å²) in [6.45, 7) is 9.04. The maximum Gasteiger partial charge on any atom is 0.410 e. The molecule has 2 aliphatic heterocycles. The van der Waals surface area contributed by atoms with E-state index < -0.39 is 5.60 Å². The number of ether oxygens (including phenoxy) is 2. The van der Waals surface area contributed by atoms with E-state index in [0.29, 0.717) is 12.1 Å². The van der Waals surface area contributed by atoms with Gasteiger partial charge in [-0.25, -0.2) is 4.79 Å². The Hall–Kier alpha value is -0.810. The molecule has 0 aromatic carbocycles. The number of carbonyl (C=O) groups is 1. The highest BCUT2D eigenvalue weighted by Gasteiger charge is 2.26. The number of amides is 1. The van der Waals surface area contributed by atoms with Gasteiger partial charge in [0.1, 0.15) is 5.60 Å². The first-order valence-corrected chi connectivity index (χ1v) is 8.26. The van der Waals surface area contributed by atoms with Gasteiger partial charge in [-0.15, -0.1) is 0 Å². The number of hydrogen-bond donors (Lipinski definition) is 1. The first-order valence-electron chi connectivity index (χ1n) is 8.26. The maximum absolute atomic E-state index is 12.1. The van der Waals surface area contributed by atoms with E-state index in [2.05, 4.69) is 5.32 Å². The quantitative estimate of drug-likeness (QED) is 0.851. The van der Waals surface area contributed by atoms with Gasteiger partial charge in [0.05, 0.1) is 6.61 Å². The molecule has 0 saturated carbocycles. The number of rotatable bonds is 2. The molecule has 0 aromatic heterocycles. The molecular formula is C16H30N2O3. The van der Waals surface area contributed by atoms with Crippen LogP contribution < -0.4 is 5.32 Å². The molecular weight excluding hydrogens is 268 g/mol. The first kappa shape index (κ1) is 16.6. The summed E-state index contributed by atoms with van der Waals surface area (Å²) in [5.41, 5.74) is -0.416. The lowest BCUT2D eigenvalue weighted by molar-refractivity contribution is 0.0254. The second-order valence-electron chi connectivity index (χ2n) is 7.18. The van der Waals surface area contributed by atoms with Crippen molar-refractivity contribution >= 4 is 6.09 Å². The molecule has 2 saturated heterocycles. The van der Waals surface area contributed by atoms with E-state index in [0.717, 1.165) is 52.0 Å². The molecule has 0 aromatic rings. The highest BCUT2D eigenvalue weighted by molar-refractivity contribution is 5.68. The van der Waals surface area contributed by atoms with Crippen molar-refractivity contribution in [3.8, 4) is 0 Å². The van der Waals surface area contributed by atoms with Gasteiger partial charge in [0.25, 0.3) is 0 Å². The molecule has 2 rings (SSSR count). The molecule has 0 radical (unpaired) electrons. The topological polar surface area (TPSA) is 50.8 Å². The van der Waals surface area contributed by atoms with Crippen molar-refractivity contribution in [3.05, 3.63) is 0 Å². The van der Waals surface area contributed by atoms with Crippen LogP contribution in [0.25, 0.3) is 0 Å². The van der Waals surface area contributed by atoms with Gasteiger partial charge in [-0.3, -0.25) is 0 Å². The van der Waals surface area contributed by atoms with Crippen LogP contribution in [0.3, 0.4) is 0 Å². The molecule has 2 heterocycles. The summed E-state index contributed by atoms with van der Waals surface area (Å²) < 4.78 is 11.0. The fourth-order valence-corrected chi connectivity index (χ4v) is 2.98. The smallest absolute Gasteiger partial charge is 0.410 e. The number of nitrogens with one attached hydrogen (secondary N) is 1. The summed E-state index contributed by atoms with van der Waals surface area (Å²) >= 11 is 0. The minimum Gasteiger partial charge on any atom is -0.444 e. The highest BCUT2D eigenvalue weighted by Crippen LogP contribution is 2.17. The minimum absolute atomic E-state index is 0.177. The Labute approximate surface area is 128 Å². The molecule has 122 valence electrons. The molecule has 5 nitrogen and oxygen atoms in total. The molecule has 2 fully saturated rings.